The molecule has 0 aliphatic carbocycles. The summed E-state index contributed by atoms with van der Waals surface area (Å²) in [5.74, 6) is 0. The number of unbranched alkanes of at least 4 members (excludes halogenated alkanes) is 6. The molecule has 0 saturated carbocycles. The van der Waals surface area contributed by atoms with Crippen LogP contribution in [0.2, 0.25) is 0 Å². The van der Waals surface area contributed by atoms with E-state index in [1.807, 2.05) is 12.1 Å². The molecule has 32 heavy (non-hydrogen) atoms. The maximum absolute atomic E-state index is 5.96. The lowest BCUT2D eigenvalue weighted by Gasteiger charge is -2.26. The second-order valence-corrected chi connectivity index (χ2v) is 8.88. The smallest absolute Gasteiger partial charge is 0.0463 e. The van der Waals surface area contributed by atoms with E-state index in [0.29, 0.717) is 0 Å². The van der Waals surface area contributed by atoms with Crippen molar-refractivity contribution in [1.29, 1.82) is 0 Å². The first kappa shape index (κ1) is 23.9. The van der Waals surface area contributed by atoms with Crippen LogP contribution < -0.4 is 10.6 Å². The fourth-order valence-electron chi connectivity index (χ4n) is 4.21. The summed E-state index contributed by atoms with van der Waals surface area (Å²) in [4.78, 5) is 2.32. The van der Waals surface area contributed by atoms with Crippen LogP contribution in [0.25, 0.3) is 0 Å². The van der Waals surface area contributed by atoms with Crippen molar-refractivity contribution in [2.24, 2.45) is 0 Å². The van der Waals surface area contributed by atoms with Crippen molar-refractivity contribution in [1.82, 2.24) is 0 Å². The number of rotatable bonds is 13. The molecule has 2 N–H and O–H groups in total. The summed E-state index contributed by atoms with van der Waals surface area (Å²) in [5.41, 5.74) is 13.1. The van der Waals surface area contributed by atoms with Gasteiger partial charge in [0.15, 0.2) is 0 Å². The van der Waals surface area contributed by atoms with E-state index in [1.165, 1.54) is 73.9 Å². The van der Waals surface area contributed by atoms with Gasteiger partial charge in [0, 0.05) is 22.7 Å². The molecule has 0 fully saturated rings. The maximum Gasteiger partial charge on any atom is 0.0463 e. The van der Waals surface area contributed by atoms with Crippen molar-refractivity contribution in [3.63, 3.8) is 0 Å². The second kappa shape index (κ2) is 13.0. The molecule has 0 radical (unpaired) electrons. The van der Waals surface area contributed by atoms with E-state index in [0.717, 1.165) is 24.2 Å². The lowest BCUT2D eigenvalue weighted by atomic mass is 10.0. The summed E-state index contributed by atoms with van der Waals surface area (Å²) < 4.78 is 0. The third-order valence-electron chi connectivity index (χ3n) is 6.18. The zero-order valence-electron chi connectivity index (χ0n) is 20.0. The van der Waals surface area contributed by atoms with Gasteiger partial charge in [0.1, 0.15) is 0 Å². The second-order valence-electron chi connectivity index (χ2n) is 8.88. The minimum atomic E-state index is 0.790. The van der Waals surface area contributed by atoms with Gasteiger partial charge in [-0.15, -0.1) is 0 Å². The van der Waals surface area contributed by atoms with E-state index in [1.54, 1.807) is 0 Å². The summed E-state index contributed by atoms with van der Waals surface area (Å²) in [6.45, 7) is 4.53. The van der Waals surface area contributed by atoms with Crippen LogP contribution >= 0.6 is 0 Å². The molecular weight excluding hydrogens is 388 g/mol. The Labute approximate surface area is 195 Å². The molecule has 0 unspecified atom stereocenters. The average molecular weight is 429 g/mol. The number of hydrogen-bond acceptors (Lipinski definition) is 2. The van der Waals surface area contributed by atoms with Crippen molar-refractivity contribution < 1.29 is 0 Å². The van der Waals surface area contributed by atoms with Crippen LogP contribution in [0.5, 0.6) is 0 Å². The van der Waals surface area contributed by atoms with Gasteiger partial charge in [0.25, 0.3) is 0 Å². The molecule has 3 aromatic rings. The normalized spacial score (nSPS) is 10.9. The van der Waals surface area contributed by atoms with Gasteiger partial charge in [-0.05, 0) is 85.3 Å². The quantitative estimate of drug-likeness (QED) is 0.217. The van der Waals surface area contributed by atoms with Crippen LogP contribution in [-0.2, 0) is 12.8 Å². The third kappa shape index (κ3) is 7.15. The molecular formula is C30H40N2. The molecule has 2 heteroatoms. The maximum atomic E-state index is 5.96. The molecule has 0 heterocycles. The van der Waals surface area contributed by atoms with E-state index < -0.39 is 0 Å². The number of benzene rings is 3. The highest BCUT2D eigenvalue weighted by molar-refractivity contribution is 5.77. The van der Waals surface area contributed by atoms with Gasteiger partial charge in [-0.2, -0.15) is 0 Å². The van der Waals surface area contributed by atoms with Crippen molar-refractivity contribution in [3.05, 3.63) is 83.9 Å². The number of hydrogen-bond donors (Lipinski definition) is 1. The van der Waals surface area contributed by atoms with Crippen LogP contribution in [0.1, 0.15) is 76.3 Å². The van der Waals surface area contributed by atoms with E-state index >= 15 is 0 Å². The number of nitrogen functional groups attached to an aromatic ring is 1. The number of anilines is 4. The molecule has 0 spiro atoms. The minimum Gasteiger partial charge on any atom is -0.399 e. The van der Waals surface area contributed by atoms with Crippen LogP contribution in [0.15, 0.2) is 72.8 Å². The van der Waals surface area contributed by atoms with E-state index in [2.05, 4.69) is 79.4 Å². The fraction of sp³-hybridized carbons (Fsp3) is 0.400. The summed E-state index contributed by atoms with van der Waals surface area (Å²) in [6.07, 6.45) is 12.7. The van der Waals surface area contributed by atoms with Gasteiger partial charge >= 0.3 is 0 Å². The molecule has 0 aliphatic heterocycles. The van der Waals surface area contributed by atoms with Crippen LogP contribution in [0, 0.1) is 0 Å². The third-order valence-corrected chi connectivity index (χ3v) is 6.18. The molecule has 0 aromatic heterocycles. The van der Waals surface area contributed by atoms with Gasteiger partial charge in [0.2, 0.25) is 0 Å². The number of nitrogens with zero attached hydrogens (tertiary/aromatic N) is 1. The van der Waals surface area contributed by atoms with Crippen molar-refractivity contribution >= 4 is 22.7 Å². The Morgan fingerprint density at radius 1 is 0.500 bits per heavy atom. The zero-order valence-corrected chi connectivity index (χ0v) is 20.0. The molecule has 0 atom stereocenters. The van der Waals surface area contributed by atoms with Gasteiger partial charge in [-0.3, -0.25) is 0 Å². The first-order valence-electron chi connectivity index (χ1n) is 12.5. The largest absolute Gasteiger partial charge is 0.399 e. The molecule has 170 valence electrons. The van der Waals surface area contributed by atoms with Crippen LogP contribution in [-0.4, -0.2) is 0 Å². The van der Waals surface area contributed by atoms with E-state index in [9.17, 15) is 0 Å². The Kier molecular flexibility index (Phi) is 9.68. The highest BCUT2D eigenvalue weighted by Gasteiger charge is 2.12. The lowest BCUT2D eigenvalue weighted by Crippen LogP contribution is -2.10. The molecule has 3 aromatic carbocycles. The van der Waals surface area contributed by atoms with E-state index in [4.69, 9.17) is 5.73 Å². The molecule has 2 nitrogen and oxygen atoms in total. The van der Waals surface area contributed by atoms with Gasteiger partial charge in [0.05, 0.1) is 0 Å². The fourth-order valence-corrected chi connectivity index (χ4v) is 4.21. The van der Waals surface area contributed by atoms with Gasteiger partial charge in [-0.1, -0.05) is 76.6 Å². The summed E-state index contributed by atoms with van der Waals surface area (Å²) in [7, 11) is 0. The molecule has 0 aliphatic rings. The summed E-state index contributed by atoms with van der Waals surface area (Å²) in [6, 6.07) is 26.3. The Bertz CT molecular complexity index is 840. The molecule has 0 saturated heterocycles. The first-order chi connectivity index (χ1) is 15.7. The standard InChI is InChI=1S/C30H40N2/c1-3-5-7-9-11-25-13-19-28(20-14-25)32(30-23-17-27(31)18-24-30)29-21-15-26(16-22-29)12-10-8-6-4-2/h13-24H,3-12,31H2,1-2H3. The molecule has 0 amide bonds. The highest BCUT2D eigenvalue weighted by atomic mass is 15.1. The summed E-state index contributed by atoms with van der Waals surface area (Å²) >= 11 is 0. The monoisotopic (exact) mass is 428 g/mol. The zero-order chi connectivity index (χ0) is 22.6. The lowest BCUT2D eigenvalue weighted by molar-refractivity contribution is 0.667. The predicted octanol–water partition coefficient (Wildman–Crippen LogP) is 8.98. The minimum absolute atomic E-state index is 0.790. The number of aryl methyl sites for hydroxylation is 2. The van der Waals surface area contributed by atoms with Crippen molar-refractivity contribution in [2.45, 2.75) is 78.1 Å². The van der Waals surface area contributed by atoms with Crippen molar-refractivity contribution in [2.75, 3.05) is 10.6 Å². The molecule has 0 bridgehead atoms. The Morgan fingerprint density at radius 2 is 0.875 bits per heavy atom. The predicted molar refractivity (Wildman–Crippen MR) is 141 cm³/mol. The van der Waals surface area contributed by atoms with Crippen LogP contribution in [0.3, 0.4) is 0 Å². The van der Waals surface area contributed by atoms with Gasteiger partial charge < -0.3 is 10.6 Å². The number of nitrogens with two attached hydrogens (primary N) is 1. The Hall–Kier alpha value is -2.74. The van der Waals surface area contributed by atoms with Gasteiger partial charge in [-0.25, -0.2) is 0 Å². The van der Waals surface area contributed by atoms with Crippen LogP contribution in [0.4, 0.5) is 22.7 Å². The van der Waals surface area contributed by atoms with Crippen molar-refractivity contribution in [3.8, 4) is 0 Å². The summed E-state index contributed by atoms with van der Waals surface area (Å²) in [5, 5.41) is 0. The molecule has 3 rings (SSSR count). The Morgan fingerprint density at radius 3 is 1.25 bits per heavy atom. The Balaban J connectivity index is 1.78. The van der Waals surface area contributed by atoms with E-state index in [-0.39, 0.29) is 0 Å². The first-order valence-corrected chi connectivity index (χ1v) is 12.5. The highest BCUT2D eigenvalue weighted by Crippen LogP contribution is 2.35. The SMILES string of the molecule is CCCCCCc1ccc(N(c2ccc(N)cc2)c2ccc(CCCCCC)cc2)cc1. The average Bonchev–Trinajstić information content (AvgIpc) is 2.83. The topological polar surface area (TPSA) is 29.3 Å².